The minimum absolute atomic E-state index is 0.0191. The fraction of sp³-hybridized carbons (Fsp3) is 0.500. The average molecular weight is 320 g/mol. The molecule has 0 amide bonds. The third-order valence-corrected chi connectivity index (χ3v) is 4.86. The Labute approximate surface area is 126 Å². The van der Waals surface area contributed by atoms with Crippen LogP contribution in [0.25, 0.3) is 0 Å². The Morgan fingerprint density at radius 1 is 1.20 bits per heavy atom. The summed E-state index contributed by atoms with van der Waals surface area (Å²) in [6.07, 6.45) is 0. The molecule has 0 bridgehead atoms. The Kier molecular flexibility index (Phi) is 5.89. The Bertz CT molecular complexity index is 453. The molecule has 0 aliphatic carbocycles. The van der Waals surface area contributed by atoms with Gasteiger partial charge in [0.05, 0.1) is 6.61 Å². The van der Waals surface area contributed by atoms with Crippen LogP contribution < -0.4 is 0 Å². The summed E-state index contributed by atoms with van der Waals surface area (Å²) < 4.78 is 31.2. The molecule has 0 aliphatic rings. The van der Waals surface area contributed by atoms with Gasteiger partial charge in [-0.25, -0.2) is 4.79 Å². The van der Waals surface area contributed by atoms with Crippen molar-refractivity contribution in [1.82, 2.24) is 0 Å². The fourth-order valence-corrected chi connectivity index (χ4v) is 3.08. The molecule has 0 saturated carbocycles. The van der Waals surface area contributed by atoms with E-state index in [2.05, 4.69) is 25.5 Å². The maximum absolute atomic E-state index is 13.4. The van der Waals surface area contributed by atoms with Gasteiger partial charge >= 0.3 is 11.2 Å². The van der Waals surface area contributed by atoms with Crippen LogP contribution in [-0.4, -0.2) is 17.8 Å². The zero-order chi connectivity index (χ0) is 15.4. The Morgan fingerprint density at radius 2 is 1.75 bits per heavy atom. The summed E-state index contributed by atoms with van der Waals surface area (Å²) in [5.74, 6) is -1.50. The number of benzene rings is 1. The average Bonchev–Trinajstić information content (AvgIpc) is 2.36. The summed E-state index contributed by atoms with van der Waals surface area (Å²) >= 11 is 0. The Morgan fingerprint density at radius 3 is 2.20 bits per heavy atom. The molecular weight excluding hydrogens is 302 g/mol. The first-order chi connectivity index (χ1) is 9.16. The minimum atomic E-state index is -3.54. The van der Waals surface area contributed by atoms with Gasteiger partial charge in [-0.3, -0.25) is 0 Å². The minimum Gasteiger partial charge on any atom is -0.461 e. The molecule has 20 heavy (non-hydrogen) atoms. The highest BCUT2D eigenvalue weighted by Gasteiger charge is 2.42. The number of hydrogen-bond acceptors (Lipinski definition) is 4. The van der Waals surface area contributed by atoms with Crippen molar-refractivity contribution < 1.29 is 18.3 Å². The largest absolute Gasteiger partial charge is 0.461 e. The van der Waals surface area contributed by atoms with E-state index < -0.39 is 11.2 Å². The van der Waals surface area contributed by atoms with E-state index in [4.69, 9.17) is 0 Å². The lowest BCUT2D eigenvalue weighted by Crippen LogP contribution is -2.26. The maximum atomic E-state index is 13.4. The standard InChI is InChI=1S/C14H18F2O2S2/c1-5-18-12(17)14(15,16)20-19-11-8-6-10(7-9-11)13(2,3)4/h6-9H,5H2,1-4H3. The second-order valence-electron chi connectivity index (χ2n) is 5.18. The van der Waals surface area contributed by atoms with Gasteiger partial charge < -0.3 is 4.74 Å². The molecule has 1 rings (SSSR count). The van der Waals surface area contributed by atoms with Crippen molar-refractivity contribution in [3.63, 3.8) is 0 Å². The number of esters is 1. The second kappa shape index (κ2) is 6.80. The number of carbonyl (C=O) groups is 1. The van der Waals surface area contributed by atoms with Crippen molar-refractivity contribution in [3.05, 3.63) is 29.8 Å². The summed E-state index contributed by atoms with van der Waals surface area (Å²) in [6.45, 7) is 7.69. The molecule has 0 radical (unpaired) electrons. The first kappa shape index (κ1) is 17.3. The van der Waals surface area contributed by atoms with Gasteiger partial charge in [-0.05, 0) is 40.8 Å². The highest BCUT2D eigenvalue weighted by atomic mass is 33.1. The molecule has 0 aromatic heterocycles. The molecule has 2 nitrogen and oxygen atoms in total. The molecule has 0 aliphatic heterocycles. The van der Waals surface area contributed by atoms with Crippen molar-refractivity contribution in [2.45, 2.75) is 43.3 Å². The molecule has 0 unspecified atom stereocenters. The highest BCUT2D eigenvalue weighted by Crippen LogP contribution is 2.44. The predicted octanol–water partition coefficient (Wildman–Crippen LogP) is 4.88. The molecular formula is C14H18F2O2S2. The van der Waals surface area contributed by atoms with Crippen LogP contribution in [0.4, 0.5) is 8.78 Å². The van der Waals surface area contributed by atoms with E-state index in [1.54, 1.807) is 12.1 Å². The normalized spacial score (nSPS) is 12.3. The van der Waals surface area contributed by atoms with Crippen LogP contribution in [0.5, 0.6) is 0 Å². The van der Waals surface area contributed by atoms with Crippen molar-refractivity contribution in [1.29, 1.82) is 0 Å². The van der Waals surface area contributed by atoms with E-state index in [-0.39, 0.29) is 22.8 Å². The topological polar surface area (TPSA) is 26.3 Å². The fourth-order valence-electron chi connectivity index (χ4n) is 1.36. The summed E-state index contributed by atoms with van der Waals surface area (Å²) in [5, 5.41) is -3.54. The number of carbonyl (C=O) groups excluding carboxylic acids is 1. The number of rotatable bonds is 5. The molecule has 0 N–H and O–H groups in total. The SMILES string of the molecule is CCOC(=O)C(F)(F)SSc1ccc(C(C)(C)C)cc1. The van der Waals surface area contributed by atoms with Gasteiger partial charge in [-0.15, -0.1) is 0 Å². The zero-order valence-electron chi connectivity index (χ0n) is 11.9. The first-order valence-corrected chi connectivity index (χ1v) is 8.33. The van der Waals surface area contributed by atoms with Gasteiger partial charge in [0.2, 0.25) is 0 Å². The van der Waals surface area contributed by atoms with E-state index in [1.165, 1.54) is 6.92 Å². The number of halogens is 2. The monoisotopic (exact) mass is 320 g/mol. The summed E-state index contributed by atoms with van der Waals surface area (Å²) in [5.41, 5.74) is 1.15. The van der Waals surface area contributed by atoms with Crippen LogP contribution in [0, 0.1) is 0 Å². The molecule has 0 fully saturated rings. The second-order valence-corrected chi connectivity index (χ2v) is 7.50. The van der Waals surface area contributed by atoms with Crippen LogP contribution in [0.1, 0.15) is 33.3 Å². The molecule has 1 aromatic rings. The third-order valence-electron chi connectivity index (χ3n) is 2.48. The first-order valence-electron chi connectivity index (χ1n) is 6.18. The number of ether oxygens (including phenoxy) is 1. The Hall–Kier alpha value is -0.750. The van der Waals surface area contributed by atoms with Crippen LogP contribution in [0.15, 0.2) is 29.2 Å². The summed E-state index contributed by atoms with van der Waals surface area (Å²) in [7, 11) is 1.07. The lowest BCUT2D eigenvalue weighted by molar-refractivity contribution is -0.159. The quantitative estimate of drug-likeness (QED) is 0.570. The molecule has 0 spiro atoms. The van der Waals surface area contributed by atoms with E-state index in [1.807, 2.05) is 12.1 Å². The third kappa shape index (κ3) is 4.98. The molecule has 0 heterocycles. The van der Waals surface area contributed by atoms with Gasteiger partial charge in [0.25, 0.3) is 0 Å². The number of hydrogen-bond donors (Lipinski definition) is 0. The van der Waals surface area contributed by atoms with E-state index >= 15 is 0 Å². The van der Waals surface area contributed by atoms with Gasteiger partial charge in [0.15, 0.2) is 0 Å². The van der Waals surface area contributed by atoms with Gasteiger partial charge in [-0.2, -0.15) is 8.78 Å². The van der Waals surface area contributed by atoms with Crippen LogP contribution in [0.2, 0.25) is 0 Å². The summed E-state index contributed by atoms with van der Waals surface area (Å²) in [4.78, 5) is 11.7. The smallest absolute Gasteiger partial charge is 0.398 e. The van der Waals surface area contributed by atoms with Crippen LogP contribution >= 0.6 is 21.6 Å². The molecule has 0 atom stereocenters. The lowest BCUT2D eigenvalue weighted by atomic mass is 9.87. The van der Waals surface area contributed by atoms with E-state index in [9.17, 15) is 13.6 Å². The van der Waals surface area contributed by atoms with Gasteiger partial charge in [-0.1, -0.05) is 43.7 Å². The zero-order valence-corrected chi connectivity index (χ0v) is 13.5. The van der Waals surface area contributed by atoms with Crippen molar-refractivity contribution in [2.24, 2.45) is 0 Å². The Balaban J connectivity index is 2.64. The van der Waals surface area contributed by atoms with Crippen LogP contribution in [-0.2, 0) is 14.9 Å². The highest BCUT2D eigenvalue weighted by molar-refractivity contribution is 8.77. The van der Waals surface area contributed by atoms with Gasteiger partial charge in [0.1, 0.15) is 0 Å². The molecule has 0 saturated heterocycles. The molecule has 112 valence electrons. The molecule has 6 heteroatoms. The lowest BCUT2D eigenvalue weighted by Gasteiger charge is -2.19. The molecule has 1 aromatic carbocycles. The van der Waals surface area contributed by atoms with Crippen molar-refractivity contribution in [3.8, 4) is 0 Å². The van der Waals surface area contributed by atoms with Crippen molar-refractivity contribution in [2.75, 3.05) is 6.61 Å². The van der Waals surface area contributed by atoms with E-state index in [0.29, 0.717) is 4.90 Å². The maximum Gasteiger partial charge on any atom is 0.398 e. The summed E-state index contributed by atoms with van der Waals surface area (Å²) in [6, 6.07) is 7.37. The predicted molar refractivity (Wildman–Crippen MR) is 80.2 cm³/mol. The van der Waals surface area contributed by atoms with Crippen LogP contribution in [0.3, 0.4) is 0 Å². The van der Waals surface area contributed by atoms with Gasteiger partial charge in [0, 0.05) is 4.90 Å². The number of alkyl halides is 2. The van der Waals surface area contributed by atoms with E-state index in [0.717, 1.165) is 16.4 Å². The van der Waals surface area contributed by atoms with Crippen molar-refractivity contribution >= 4 is 27.6 Å².